The molecule has 0 saturated heterocycles. The molecule has 51 heavy (non-hydrogen) atoms. The fourth-order valence-electron chi connectivity index (χ4n) is 5.59. The highest BCUT2D eigenvalue weighted by Gasteiger charge is 2.45. The summed E-state index contributed by atoms with van der Waals surface area (Å²) in [4.78, 5) is 45.4. The summed E-state index contributed by atoms with van der Waals surface area (Å²) in [6.07, 6.45) is 0. The largest absolute Gasteiger partial charge is 0.477 e. The van der Waals surface area contributed by atoms with Crippen LogP contribution in [0.15, 0.2) is 97.1 Å². The number of carboxylic acid groups (broad SMARTS) is 2. The van der Waals surface area contributed by atoms with Gasteiger partial charge in [-0.25, -0.2) is 42.0 Å². The van der Waals surface area contributed by atoms with Gasteiger partial charge in [0.2, 0.25) is 0 Å². The Kier molecular flexibility index (Phi) is 8.75. The summed E-state index contributed by atoms with van der Waals surface area (Å²) in [6.45, 7) is 7.25. The van der Waals surface area contributed by atoms with Crippen LogP contribution in [0.2, 0.25) is 0 Å². The van der Waals surface area contributed by atoms with Crippen molar-refractivity contribution < 1.29 is 37.4 Å². The van der Waals surface area contributed by atoms with Crippen LogP contribution < -0.4 is 0 Å². The Morgan fingerprint density at radius 1 is 0.627 bits per heavy atom. The van der Waals surface area contributed by atoms with Gasteiger partial charge in [-0.05, 0) is 72.8 Å². The van der Waals surface area contributed by atoms with Gasteiger partial charge in [-0.1, -0.05) is 24.3 Å². The van der Waals surface area contributed by atoms with Gasteiger partial charge in [0, 0.05) is 11.1 Å². The van der Waals surface area contributed by atoms with Crippen molar-refractivity contribution in [3.63, 3.8) is 0 Å². The molecule has 248 valence electrons. The highest BCUT2D eigenvalue weighted by molar-refractivity contribution is 5.86. The second kappa shape index (κ2) is 13.3. The second-order valence-corrected chi connectivity index (χ2v) is 10.8. The summed E-state index contributed by atoms with van der Waals surface area (Å²) < 4.78 is 59.6. The highest BCUT2D eigenvalue weighted by Crippen LogP contribution is 2.44. The van der Waals surface area contributed by atoms with Crippen LogP contribution >= 0.6 is 0 Å². The lowest BCUT2D eigenvalue weighted by Crippen LogP contribution is -2.36. The predicted octanol–water partition coefficient (Wildman–Crippen LogP) is 7.36. The number of hydrogen-bond donors (Lipinski definition) is 2. The van der Waals surface area contributed by atoms with E-state index >= 15 is 8.78 Å². The number of hydrogen-bond acceptors (Lipinski definition) is 7. The van der Waals surface area contributed by atoms with E-state index in [9.17, 15) is 33.8 Å². The first kappa shape index (κ1) is 33.6. The Balaban J connectivity index is 1.77. The fraction of sp³-hybridized carbons (Fsp3) is 0.0270. The number of aromatic carboxylic acids is 2. The number of carboxylic acids is 2. The molecule has 6 rings (SSSR count). The summed E-state index contributed by atoms with van der Waals surface area (Å²) in [6, 6.07) is 21.7. The number of pyridine rings is 4. The molecule has 0 bridgehead atoms. The number of halogens is 4. The number of carbonyl (C=O) groups is 2. The van der Waals surface area contributed by atoms with Crippen LogP contribution in [0, 0.1) is 41.2 Å². The molecule has 0 aliphatic rings. The topological polar surface area (TPSA) is 154 Å². The molecular formula is C37H18F4N6O4. The Labute approximate surface area is 285 Å². The number of benzene rings is 2. The molecule has 0 aliphatic heterocycles. The zero-order valence-electron chi connectivity index (χ0n) is 25.6. The van der Waals surface area contributed by atoms with Gasteiger partial charge in [0.05, 0.1) is 40.7 Å². The van der Waals surface area contributed by atoms with Crippen LogP contribution in [0.4, 0.5) is 23.2 Å². The maximum Gasteiger partial charge on any atom is 0.354 e. The molecule has 10 nitrogen and oxygen atoms in total. The van der Waals surface area contributed by atoms with Crippen LogP contribution in [-0.2, 0) is 5.41 Å². The maximum atomic E-state index is 15.5. The van der Waals surface area contributed by atoms with Gasteiger partial charge in [-0.3, -0.25) is 9.97 Å². The Morgan fingerprint density at radius 3 is 1.51 bits per heavy atom. The van der Waals surface area contributed by atoms with E-state index in [4.69, 9.17) is 6.57 Å². The molecule has 0 radical (unpaired) electrons. The average Bonchev–Trinajstić information content (AvgIpc) is 3.13. The fourth-order valence-corrected chi connectivity index (χ4v) is 5.59. The van der Waals surface area contributed by atoms with Crippen LogP contribution in [0.1, 0.15) is 49.3 Å². The van der Waals surface area contributed by atoms with Gasteiger partial charge in [-0.15, -0.1) is 0 Å². The lowest BCUT2D eigenvalue weighted by molar-refractivity contribution is 0.0680. The Morgan fingerprint density at radius 2 is 1.06 bits per heavy atom. The van der Waals surface area contributed by atoms with Crippen LogP contribution in [0.3, 0.4) is 0 Å². The maximum absolute atomic E-state index is 15.5. The van der Waals surface area contributed by atoms with Crippen molar-refractivity contribution in [3.05, 3.63) is 171 Å². The van der Waals surface area contributed by atoms with Crippen molar-refractivity contribution >= 4 is 17.6 Å². The standard InChI is InChI=1S/C37H18F4N6O4/c1-43-34-23(39)17-15-20(33(34)41)25-7-3-11-29(45-25)37(30-12-4-8-26(46-30)35(48)49,31-13-5-9-27(47-31)36(50)51)28-10-2-6-24(44-28)19-14-16-22(38)21(18-42)32(19)40/h2-17H,(H,48,49)(H,50,51). The average molecular weight is 687 g/mol. The molecule has 4 heterocycles. The van der Waals surface area contributed by atoms with E-state index < -0.39 is 63.3 Å². The van der Waals surface area contributed by atoms with Crippen LogP contribution in [0.5, 0.6) is 0 Å². The summed E-state index contributed by atoms with van der Waals surface area (Å²) in [7, 11) is 0. The van der Waals surface area contributed by atoms with E-state index in [0.717, 1.165) is 24.3 Å². The first-order chi connectivity index (χ1) is 24.5. The smallest absolute Gasteiger partial charge is 0.354 e. The minimum absolute atomic E-state index is 0.0832. The second-order valence-electron chi connectivity index (χ2n) is 10.8. The minimum Gasteiger partial charge on any atom is -0.477 e. The van der Waals surface area contributed by atoms with Crippen molar-refractivity contribution in [3.8, 4) is 28.6 Å². The van der Waals surface area contributed by atoms with E-state index in [1.165, 1.54) is 78.9 Å². The highest BCUT2D eigenvalue weighted by atomic mass is 19.1. The number of nitrogens with zero attached hydrogens (tertiary/aromatic N) is 6. The number of aromatic nitrogens is 4. The minimum atomic E-state index is -2.06. The van der Waals surface area contributed by atoms with E-state index in [2.05, 4.69) is 24.8 Å². The normalized spacial score (nSPS) is 11.0. The number of nitriles is 1. The SMILES string of the molecule is [C-]#[N+]c1c(F)ccc(-c2cccc(C(c3cccc(C(=O)O)n3)(c3cccc(C(=O)O)n3)c3cccc(-c4ccc(F)c(C#N)c4F)n3)n2)c1F. The molecule has 0 atom stereocenters. The zero-order valence-corrected chi connectivity index (χ0v) is 25.6. The van der Waals surface area contributed by atoms with Gasteiger partial charge >= 0.3 is 11.9 Å². The molecule has 0 saturated carbocycles. The lowest BCUT2D eigenvalue weighted by atomic mass is 9.73. The van der Waals surface area contributed by atoms with Gasteiger partial charge < -0.3 is 10.2 Å². The monoisotopic (exact) mass is 686 g/mol. The third-order valence-electron chi connectivity index (χ3n) is 7.90. The van der Waals surface area contributed by atoms with Crippen molar-refractivity contribution in [2.24, 2.45) is 0 Å². The van der Waals surface area contributed by atoms with Crippen LogP contribution in [-0.4, -0.2) is 42.1 Å². The summed E-state index contributed by atoms with van der Waals surface area (Å²) in [5.41, 5.74) is -5.94. The van der Waals surface area contributed by atoms with Gasteiger partial charge in [0.15, 0.2) is 5.82 Å². The molecule has 4 aromatic heterocycles. The van der Waals surface area contributed by atoms with Crippen molar-refractivity contribution in [1.29, 1.82) is 5.26 Å². The molecule has 0 fully saturated rings. The first-order valence-corrected chi connectivity index (χ1v) is 14.6. The molecule has 14 heteroatoms. The Bertz CT molecular complexity index is 2320. The van der Waals surface area contributed by atoms with Crippen molar-refractivity contribution in [1.82, 2.24) is 19.9 Å². The molecule has 2 aromatic carbocycles. The summed E-state index contributed by atoms with van der Waals surface area (Å²) >= 11 is 0. The summed E-state index contributed by atoms with van der Waals surface area (Å²) in [5, 5.41) is 29.2. The third-order valence-corrected chi connectivity index (χ3v) is 7.90. The van der Waals surface area contributed by atoms with E-state index in [0.29, 0.717) is 0 Å². The Hall–Kier alpha value is -7.32. The van der Waals surface area contributed by atoms with Gasteiger partial charge in [-0.2, -0.15) is 5.26 Å². The first-order valence-electron chi connectivity index (χ1n) is 14.6. The molecule has 2 N–H and O–H groups in total. The molecule has 6 aromatic rings. The summed E-state index contributed by atoms with van der Waals surface area (Å²) in [5.74, 6) is -7.50. The molecular weight excluding hydrogens is 668 g/mol. The predicted molar refractivity (Wildman–Crippen MR) is 172 cm³/mol. The van der Waals surface area contributed by atoms with E-state index in [1.54, 1.807) is 0 Å². The van der Waals surface area contributed by atoms with Crippen molar-refractivity contribution in [2.75, 3.05) is 0 Å². The third kappa shape index (κ3) is 5.77. The molecule has 0 aliphatic carbocycles. The molecule has 0 unspecified atom stereocenters. The quantitative estimate of drug-likeness (QED) is 0.123. The van der Waals surface area contributed by atoms with Gasteiger partial charge in [0.25, 0.3) is 5.69 Å². The van der Waals surface area contributed by atoms with Crippen LogP contribution in [0.25, 0.3) is 27.4 Å². The van der Waals surface area contributed by atoms with Gasteiger partial charge in [0.1, 0.15) is 45.9 Å². The lowest BCUT2D eigenvalue weighted by Gasteiger charge is -2.33. The van der Waals surface area contributed by atoms with E-state index in [1.807, 2.05) is 0 Å². The van der Waals surface area contributed by atoms with Crippen molar-refractivity contribution in [2.45, 2.75) is 5.41 Å². The molecule has 0 spiro atoms. The number of rotatable bonds is 8. The molecule has 0 amide bonds. The van der Waals surface area contributed by atoms with E-state index in [-0.39, 0.29) is 45.3 Å². The zero-order chi connectivity index (χ0) is 36.4.